The number of imide groups is 1. The van der Waals surface area contributed by atoms with Gasteiger partial charge < -0.3 is 24.8 Å². The van der Waals surface area contributed by atoms with Crippen molar-refractivity contribution in [3.63, 3.8) is 0 Å². The van der Waals surface area contributed by atoms with Gasteiger partial charge in [-0.3, -0.25) is 19.8 Å². The molecule has 4 fully saturated rings. The molecule has 5 atom stereocenters. The minimum atomic E-state index is -0.585. The zero-order valence-electron chi connectivity index (χ0n) is 39.0. The van der Waals surface area contributed by atoms with E-state index in [4.69, 9.17) is 9.72 Å². The zero-order chi connectivity index (χ0) is 46.0. The van der Waals surface area contributed by atoms with Crippen LogP contribution in [-0.2, 0) is 22.6 Å². The van der Waals surface area contributed by atoms with Crippen LogP contribution in [0, 0.1) is 17.7 Å². The summed E-state index contributed by atoms with van der Waals surface area (Å²) in [7, 11) is 0. The van der Waals surface area contributed by atoms with Crippen molar-refractivity contribution in [3.8, 4) is 5.75 Å². The number of aromatic nitrogens is 2. The van der Waals surface area contributed by atoms with Gasteiger partial charge in [0.1, 0.15) is 29.7 Å². The molecule has 2 amide bonds. The molecule has 1 saturated carbocycles. The average molecular weight is 914 g/mol. The van der Waals surface area contributed by atoms with Crippen LogP contribution in [0.4, 0.5) is 10.1 Å². The minimum absolute atomic E-state index is 0.220. The molecule has 1 unspecified atom stereocenters. The van der Waals surface area contributed by atoms with Crippen LogP contribution < -0.4 is 25.6 Å². The van der Waals surface area contributed by atoms with Crippen LogP contribution in [0.3, 0.4) is 0 Å². The lowest BCUT2D eigenvalue weighted by molar-refractivity contribution is -0.135. The molecule has 3 N–H and O–H groups in total. The maximum Gasteiger partial charge on any atom is 0.249 e. The zero-order valence-corrected chi connectivity index (χ0v) is 39.0. The van der Waals surface area contributed by atoms with Crippen LogP contribution >= 0.6 is 0 Å². The number of carbonyl (C=O) groups excluding carboxylic acids is 2. The molecule has 5 aromatic carbocycles. The van der Waals surface area contributed by atoms with Crippen molar-refractivity contribution in [3.05, 3.63) is 161 Å². The number of piperazine rings is 2. The number of halogens is 1. The monoisotopic (exact) mass is 914 g/mol. The van der Waals surface area contributed by atoms with Gasteiger partial charge in [-0.15, -0.1) is 0 Å². The highest BCUT2D eigenvalue weighted by Crippen LogP contribution is 2.47. The van der Waals surface area contributed by atoms with Crippen molar-refractivity contribution in [1.82, 2.24) is 30.4 Å². The number of fused-ring (bicyclic) bond motifs is 2. The van der Waals surface area contributed by atoms with E-state index >= 15 is 4.39 Å². The van der Waals surface area contributed by atoms with E-state index in [0.717, 1.165) is 76.5 Å². The number of benzene rings is 5. The summed E-state index contributed by atoms with van der Waals surface area (Å²) in [5.74, 6) is 1.91. The maximum absolute atomic E-state index is 15.4. The molecule has 3 saturated heterocycles. The predicted octanol–water partition coefficient (Wildman–Crippen LogP) is 9.22. The van der Waals surface area contributed by atoms with Crippen molar-refractivity contribution in [1.29, 1.82) is 0 Å². The van der Waals surface area contributed by atoms with E-state index in [0.29, 0.717) is 47.9 Å². The van der Waals surface area contributed by atoms with Gasteiger partial charge in [0.25, 0.3) is 0 Å². The van der Waals surface area contributed by atoms with Gasteiger partial charge in [-0.25, -0.2) is 9.37 Å². The van der Waals surface area contributed by atoms with Gasteiger partial charge >= 0.3 is 0 Å². The van der Waals surface area contributed by atoms with E-state index < -0.39 is 6.04 Å². The summed E-state index contributed by atoms with van der Waals surface area (Å²) in [5.41, 5.74) is 10.3. The third-order valence-corrected chi connectivity index (χ3v) is 16.0. The first kappa shape index (κ1) is 44.6. The normalized spacial score (nSPS) is 25.8. The molecule has 0 bridgehead atoms. The number of nitrogens with one attached hydrogen (secondary N) is 3. The number of hydrogen-bond acceptors (Lipinski definition) is 8. The smallest absolute Gasteiger partial charge is 0.249 e. The number of hydrogen-bond donors (Lipinski definition) is 3. The molecule has 11 rings (SSSR count). The molecule has 1 aromatic heterocycles. The van der Waals surface area contributed by atoms with Crippen LogP contribution in [-0.4, -0.2) is 78.1 Å². The maximum atomic E-state index is 15.4. The van der Waals surface area contributed by atoms with Crippen molar-refractivity contribution in [2.45, 2.75) is 94.4 Å². The lowest BCUT2D eigenvalue weighted by atomic mass is 9.69. The molecule has 6 aromatic rings. The van der Waals surface area contributed by atoms with Gasteiger partial charge in [0, 0.05) is 70.2 Å². The molecule has 352 valence electrons. The number of piperidine rings is 1. The Kier molecular flexibility index (Phi) is 13.1. The Hall–Kier alpha value is -5.88. The quantitative estimate of drug-likeness (QED) is 0.105. The lowest BCUT2D eigenvalue weighted by Crippen LogP contribution is -2.52. The van der Waals surface area contributed by atoms with Crippen molar-refractivity contribution < 1.29 is 18.7 Å². The fourth-order valence-corrected chi connectivity index (χ4v) is 12.5. The fourth-order valence-electron chi connectivity index (χ4n) is 12.5. The molecular formula is C57H64FN7O3. The van der Waals surface area contributed by atoms with Crippen LogP contribution in [0.25, 0.3) is 11.0 Å². The highest BCUT2D eigenvalue weighted by molar-refractivity contribution is 6.00. The van der Waals surface area contributed by atoms with Crippen LogP contribution in [0.2, 0.25) is 0 Å². The summed E-state index contributed by atoms with van der Waals surface area (Å²) in [4.78, 5) is 34.5. The summed E-state index contributed by atoms with van der Waals surface area (Å²) < 4.78 is 23.5. The van der Waals surface area contributed by atoms with Gasteiger partial charge in [0.15, 0.2) is 0 Å². The average Bonchev–Trinajstić information content (AvgIpc) is 3.80. The number of amides is 2. The second-order valence-electron chi connectivity index (χ2n) is 20.1. The van der Waals surface area contributed by atoms with Crippen LogP contribution in [0.15, 0.2) is 122 Å². The second-order valence-corrected chi connectivity index (χ2v) is 20.1. The van der Waals surface area contributed by atoms with Crippen LogP contribution in [0.1, 0.15) is 109 Å². The van der Waals surface area contributed by atoms with Gasteiger partial charge in [-0.1, -0.05) is 104 Å². The van der Waals surface area contributed by atoms with Gasteiger partial charge in [-0.2, -0.15) is 0 Å². The van der Waals surface area contributed by atoms with Crippen LogP contribution in [0.5, 0.6) is 5.75 Å². The Labute approximate surface area is 399 Å². The number of rotatable bonds is 12. The largest absolute Gasteiger partial charge is 0.489 e. The first-order valence-corrected chi connectivity index (χ1v) is 25.3. The number of aryl methyl sites for hydroxylation is 1. The third-order valence-electron chi connectivity index (χ3n) is 16.0. The highest BCUT2D eigenvalue weighted by Gasteiger charge is 2.36. The molecular weight excluding hydrogens is 850 g/mol. The van der Waals surface area contributed by atoms with Gasteiger partial charge in [-0.05, 0) is 114 Å². The molecule has 0 radical (unpaired) electrons. The minimum Gasteiger partial charge on any atom is -0.489 e. The first-order valence-electron chi connectivity index (χ1n) is 25.3. The molecule has 2 aliphatic carbocycles. The molecule has 3 aliphatic heterocycles. The molecule has 11 heteroatoms. The fraction of sp³-hybridized carbons (Fsp3) is 0.421. The molecule has 0 spiro atoms. The number of ether oxygens (including phenoxy) is 1. The molecule has 68 heavy (non-hydrogen) atoms. The topological polar surface area (TPSA) is 104 Å². The summed E-state index contributed by atoms with van der Waals surface area (Å²) in [6, 6.07) is 41.0. The highest BCUT2D eigenvalue weighted by atomic mass is 19.1. The number of imidazole rings is 1. The SMILES string of the molecule is O=C1CCC(n2cnc3c(N4CCNC[C@H]4CC4CCC(CN5CCNC[C@H]5c5ccc([C@@H]6c7ccc(OCc8ccccc8)cc7CC[C@@H]6c6ccccc6)cc5)CC4)cc(F)cc32)C(=O)N1. The van der Waals surface area contributed by atoms with E-state index in [2.05, 4.69) is 123 Å². The number of carbonyl (C=O) groups is 2. The molecule has 4 heterocycles. The third kappa shape index (κ3) is 9.45. The van der Waals surface area contributed by atoms with Crippen molar-refractivity contribution in [2.75, 3.05) is 50.7 Å². The Morgan fingerprint density at radius 2 is 1.46 bits per heavy atom. The van der Waals surface area contributed by atoms with E-state index in [9.17, 15) is 9.59 Å². The summed E-state index contributed by atoms with van der Waals surface area (Å²) in [6.07, 6.45) is 10.3. The standard InChI is InChI=1S/C57H64FN7O3/c58-45-31-51(56-52(32-45)65(37-61-56)50-23-24-54(66)62-57(50)67)64-28-26-59-33-46(64)29-38-11-13-39(14-12-38)35-63-27-25-60-34-53(63)42-15-17-43(18-16-42)55-48(41-9-5-2-6-10-41)21-19-44-30-47(20-22-49(44)55)68-36-40-7-3-1-4-8-40/h1-10,15-18,20,22,30-32,37-39,46,48,50,53,55,59-60H,11-14,19,21,23-29,33-36H2,(H,62,66,67)/t38?,39?,46-,48-,50?,53+,55+/m1/s1. The number of anilines is 1. The van der Waals surface area contributed by atoms with Crippen molar-refractivity contribution >= 4 is 28.5 Å². The molecule has 5 aliphatic rings. The Morgan fingerprint density at radius 3 is 2.26 bits per heavy atom. The van der Waals surface area contributed by atoms with Crippen molar-refractivity contribution in [2.24, 2.45) is 11.8 Å². The van der Waals surface area contributed by atoms with E-state index in [1.54, 1.807) is 17.0 Å². The number of nitrogens with zero attached hydrogens (tertiary/aromatic N) is 4. The first-order chi connectivity index (χ1) is 33.4. The van der Waals surface area contributed by atoms with E-state index in [-0.39, 0.29) is 36.0 Å². The Bertz CT molecular complexity index is 2700. The summed E-state index contributed by atoms with van der Waals surface area (Å²) >= 11 is 0. The van der Waals surface area contributed by atoms with E-state index in [1.165, 1.54) is 65.1 Å². The summed E-state index contributed by atoms with van der Waals surface area (Å²) in [6.45, 7) is 7.15. The van der Waals surface area contributed by atoms with Gasteiger partial charge in [0.05, 0.1) is 17.5 Å². The lowest BCUT2D eigenvalue weighted by Gasteiger charge is -2.42. The Morgan fingerprint density at radius 1 is 0.706 bits per heavy atom. The summed E-state index contributed by atoms with van der Waals surface area (Å²) in [5, 5.41) is 9.79. The Balaban J connectivity index is 0.747. The second kappa shape index (κ2) is 20.0. The van der Waals surface area contributed by atoms with E-state index in [1.807, 2.05) is 6.07 Å². The predicted molar refractivity (Wildman–Crippen MR) is 265 cm³/mol. The molecule has 10 nitrogen and oxygen atoms in total. The van der Waals surface area contributed by atoms with Gasteiger partial charge in [0.2, 0.25) is 11.8 Å².